The first-order valence-electron chi connectivity index (χ1n) is 8.17. The fourth-order valence-electron chi connectivity index (χ4n) is 2.77. The molecule has 2 rings (SSSR count). The third-order valence-electron chi connectivity index (χ3n) is 4.26. The number of carbonyl (C=O) groups is 2. The molecule has 2 N–H and O–H groups in total. The van der Waals surface area contributed by atoms with Crippen molar-refractivity contribution in [2.45, 2.75) is 31.7 Å². The summed E-state index contributed by atoms with van der Waals surface area (Å²) in [5, 5.41) is 13.6. The lowest BCUT2D eigenvalue weighted by atomic mass is 9.93. The van der Waals surface area contributed by atoms with E-state index in [9.17, 15) is 9.59 Å². The van der Waals surface area contributed by atoms with Gasteiger partial charge in [0, 0.05) is 12.5 Å². The highest BCUT2D eigenvalue weighted by Crippen LogP contribution is 2.28. The van der Waals surface area contributed by atoms with Gasteiger partial charge in [-0.15, -0.1) is 6.58 Å². The average molecular weight is 341 g/mol. The number of hydrogen-bond donors (Lipinski definition) is 2. The van der Waals surface area contributed by atoms with Crippen LogP contribution in [0.25, 0.3) is 10.8 Å². The van der Waals surface area contributed by atoms with E-state index in [1.807, 2.05) is 43.3 Å². The van der Waals surface area contributed by atoms with Gasteiger partial charge in [-0.25, -0.2) is 0 Å². The predicted octanol–water partition coefficient (Wildman–Crippen LogP) is 3.49. The number of amides is 1. The molecule has 5 heteroatoms. The first-order valence-corrected chi connectivity index (χ1v) is 8.17. The van der Waals surface area contributed by atoms with Crippen LogP contribution in [0.1, 0.15) is 31.2 Å². The van der Waals surface area contributed by atoms with Crippen molar-refractivity contribution < 1.29 is 19.4 Å². The van der Waals surface area contributed by atoms with Gasteiger partial charge in [0.25, 0.3) is 0 Å². The summed E-state index contributed by atoms with van der Waals surface area (Å²) in [4.78, 5) is 23.3. The van der Waals surface area contributed by atoms with E-state index in [0.29, 0.717) is 6.42 Å². The van der Waals surface area contributed by atoms with Gasteiger partial charge in [-0.1, -0.05) is 30.3 Å². The maximum Gasteiger partial charge on any atom is 0.303 e. The summed E-state index contributed by atoms with van der Waals surface area (Å²) in [6.45, 7) is 5.51. The van der Waals surface area contributed by atoms with Gasteiger partial charge < -0.3 is 15.2 Å². The maximum absolute atomic E-state index is 12.6. The van der Waals surface area contributed by atoms with E-state index in [0.717, 1.165) is 22.1 Å². The van der Waals surface area contributed by atoms with Gasteiger partial charge in [0.05, 0.1) is 13.0 Å². The number of carboxylic acids is 1. The van der Waals surface area contributed by atoms with E-state index in [2.05, 4.69) is 11.9 Å². The largest absolute Gasteiger partial charge is 0.497 e. The molecule has 2 aromatic carbocycles. The molecule has 0 aliphatic carbocycles. The molecule has 1 amide bonds. The van der Waals surface area contributed by atoms with Gasteiger partial charge in [0.1, 0.15) is 5.75 Å². The Morgan fingerprint density at radius 2 is 2.08 bits per heavy atom. The quantitative estimate of drug-likeness (QED) is 0.721. The molecule has 0 heterocycles. The molecule has 132 valence electrons. The number of rotatable bonds is 8. The van der Waals surface area contributed by atoms with Crippen molar-refractivity contribution in [3.05, 3.63) is 54.6 Å². The molecule has 0 aromatic heterocycles. The average Bonchev–Trinajstić information content (AvgIpc) is 2.63. The molecule has 1 unspecified atom stereocenters. The van der Waals surface area contributed by atoms with Crippen molar-refractivity contribution in [3.63, 3.8) is 0 Å². The molecule has 0 fully saturated rings. The molecule has 0 bridgehead atoms. The topological polar surface area (TPSA) is 75.6 Å². The van der Waals surface area contributed by atoms with Crippen molar-refractivity contribution in [2.24, 2.45) is 0 Å². The number of fused-ring (bicyclic) bond motifs is 1. The summed E-state index contributed by atoms with van der Waals surface area (Å²) in [5.74, 6) is -0.651. The zero-order valence-electron chi connectivity index (χ0n) is 14.5. The van der Waals surface area contributed by atoms with Gasteiger partial charge in [0.2, 0.25) is 5.91 Å². The van der Waals surface area contributed by atoms with Crippen LogP contribution in [0.15, 0.2) is 49.1 Å². The molecule has 25 heavy (non-hydrogen) atoms. The van der Waals surface area contributed by atoms with Crippen LogP contribution in [0.3, 0.4) is 0 Å². The Kier molecular flexibility index (Phi) is 6.17. The second-order valence-electron chi connectivity index (χ2n) is 5.94. The summed E-state index contributed by atoms with van der Waals surface area (Å²) >= 11 is 0. The zero-order chi connectivity index (χ0) is 18.4. The van der Waals surface area contributed by atoms with Crippen LogP contribution in [0.4, 0.5) is 0 Å². The minimum Gasteiger partial charge on any atom is -0.497 e. The molecule has 0 saturated heterocycles. The Morgan fingerprint density at radius 3 is 2.72 bits per heavy atom. The second-order valence-corrected chi connectivity index (χ2v) is 5.94. The van der Waals surface area contributed by atoms with Crippen molar-refractivity contribution in [2.75, 3.05) is 7.11 Å². The van der Waals surface area contributed by atoms with Crippen LogP contribution in [0, 0.1) is 0 Å². The highest BCUT2D eigenvalue weighted by molar-refractivity contribution is 5.93. The van der Waals surface area contributed by atoms with Gasteiger partial charge >= 0.3 is 5.97 Å². The number of benzene rings is 2. The Hall–Kier alpha value is -2.82. The summed E-state index contributed by atoms with van der Waals surface area (Å²) in [6, 6.07) is 11.2. The second kappa shape index (κ2) is 8.33. The molecule has 0 aliphatic heterocycles. The number of nitrogens with one attached hydrogen (secondary N) is 1. The predicted molar refractivity (Wildman–Crippen MR) is 97.9 cm³/mol. The minimum atomic E-state index is -0.892. The lowest BCUT2D eigenvalue weighted by Gasteiger charge is -2.19. The Balaban J connectivity index is 2.20. The Labute approximate surface area is 147 Å². The highest BCUT2D eigenvalue weighted by atomic mass is 16.5. The van der Waals surface area contributed by atoms with E-state index in [4.69, 9.17) is 9.84 Å². The summed E-state index contributed by atoms with van der Waals surface area (Å²) in [5.41, 5.74) is 0.915. The number of aliphatic carboxylic acids is 1. The molecule has 0 radical (unpaired) electrons. The van der Waals surface area contributed by atoms with Crippen LogP contribution in [-0.2, 0) is 9.59 Å². The first-order chi connectivity index (χ1) is 12.0. The van der Waals surface area contributed by atoms with Crippen molar-refractivity contribution >= 4 is 22.6 Å². The smallest absolute Gasteiger partial charge is 0.303 e. The lowest BCUT2D eigenvalue weighted by molar-refractivity contribution is -0.137. The van der Waals surface area contributed by atoms with E-state index in [1.165, 1.54) is 0 Å². The molecule has 0 spiro atoms. The maximum atomic E-state index is 12.6. The van der Waals surface area contributed by atoms with E-state index in [1.54, 1.807) is 13.2 Å². The van der Waals surface area contributed by atoms with Crippen molar-refractivity contribution in [3.8, 4) is 5.75 Å². The fraction of sp³-hybridized carbons (Fsp3) is 0.300. The monoisotopic (exact) mass is 341 g/mol. The van der Waals surface area contributed by atoms with E-state index < -0.39 is 5.97 Å². The van der Waals surface area contributed by atoms with Gasteiger partial charge in [0.15, 0.2) is 0 Å². The molecule has 0 saturated carbocycles. The number of carboxylic acid groups (broad SMARTS) is 1. The third kappa shape index (κ3) is 4.59. The van der Waals surface area contributed by atoms with Crippen molar-refractivity contribution in [1.29, 1.82) is 0 Å². The molecule has 2 atom stereocenters. The zero-order valence-corrected chi connectivity index (χ0v) is 14.5. The summed E-state index contributed by atoms with van der Waals surface area (Å²) in [7, 11) is 1.62. The van der Waals surface area contributed by atoms with E-state index >= 15 is 0 Å². The lowest BCUT2D eigenvalue weighted by Crippen LogP contribution is -2.36. The number of methoxy groups -OCH3 is 1. The van der Waals surface area contributed by atoms with Crippen LogP contribution >= 0.6 is 0 Å². The van der Waals surface area contributed by atoms with Crippen molar-refractivity contribution in [1.82, 2.24) is 5.32 Å². The van der Waals surface area contributed by atoms with Crippen LogP contribution in [0.2, 0.25) is 0 Å². The SMILES string of the molecule is C=C[C@H](CCC(=O)O)NC(=O)C(C)c1cccc2cc(OC)ccc12. The molecular formula is C20H23NO4. The normalized spacial score (nSPS) is 13.0. The summed E-state index contributed by atoms with van der Waals surface area (Å²) in [6.07, 6.45) is 1.88. The molecule has 2 aromatic rings. The van der Waals surface area contributed by atoms with Gasteiger partial charge in [-0.05, 0) is 41.8 Å². The van der Waals surface area contributed by atoms with Crippen LogP contribution < -0.4 is 10.1 Å². The number of ether oxygens (including phenoxy) is 1. The number of carbonyl (C=O) groups excluding carboxylic acids is 1. The molecule has 0 aliphatic rings. The van der Waals surface area contributed by atoms with Crippen LogP contribution in [0.5, 0.6) is 5.75 Å². The standard InChI is InChI=1S/C20H23NO4/c1-4-15(8-11-19(22)23)21-20(24)13(2)17-7-5-6-14-12-16(25-3)9-10-18(14)17/h4-7,9-10,12-13,15H,1,8,11H2,2-3H3,(H,21,24)(H,22,23)/t13?,15-/m1/s1. The summed E-state index contributed by atoms with van der Waals surface area (Å²) < 4.78 is 5.25. The van der Waals surface area contributed by atoms with Gasteiger partial charge in [-0.2, -0.15) is 0 Å². The van der Waals surface area contributed by atoms with E-state index in [-0.39, 0.29) is 24.3 Å². The Morgan fingerprint density at radius 1 is 1.32 bits per heavy atom. The number of hydrogen-bond acceptors (Lipinski definition) is 3. The Bertz CT molecular complexity index is 784. The molecule has 5 nitrogen and oxygen atoms in total. The minimum absolute atomic E-state index is 0.0145. The molecular weight excluding hydrogens is 318 g/mol. The van der Waals surface area contributed by atoms with Crippen LogP contribution in [-0.4, -0.2) is 30.1 Å². The first kappa shape index (κ1) is 18.5. The highest BCUT2D eigenvalue weighted by Gasteiger charge is 2.20. The fourth-order valence-corrected chi connectivity index (χ4v) is 2.77. The van der Waals surface area contributed by atoms with Gasteiger partial charge in [-0.3, -0.25) is 9.59 Å². The third-order valence-corrected chi connectivity index (χ3v) is 4.26.